The van der Waals surface area contributed by atoms with E-state index in [1.165, 1.54) is 4.90 Å². The summed E-state index contributed by atoms with van der Waals surface area (Å²) in [4.78, 5) is 13.3. The number of nitrogens with zero attached hydrogens (tertiary/aromatic N) is 1. The van der Waals surface area contributed by atoms with E-state index in [-0.39, 0.29) is 24.9 Å². The summed E-state index contributed by atoms with van der Waals surface area (Å²) in [6, 6.07) is 0. The minimum absolute atomic E-state index is 0.00176. The summed E-state index contributed by atoms with van der Waals surface area (Å²) in [5.74, 6) is -0.0781. The Morgan fingerprint density at radius 2 is 1.93 bits per heavy atom. The lowest BCUT2D eigenvalue weighted by atomic mass is 10.1. The highest BCUT2D eigenvalue weighted by molar-refractivity contribution is 5.79. The fourth-order valence-corrected chi connectivity index (χ4v) is 1.94. The van der Waals surface area contributed by atoms with Gasteiger partial charge in [0.15, 0.2) is 0 Å². The zero-order valence-electron chi connectivity index (χ0n) is 7.93. The number of ether oxygens (including phenoxy) is 1. The van der Waals surface area contributed by atoms with Crippen molar-refractivity contribution in [2.45, 2.75) is 18.6 Å². The summed E-state index contributed by atoms with van der Waals surface area (Å²) >= 11 is 0. The highest BCUT2D eigenvalue weighted by Gasteiger charge is 2.36. The zero-order chi connectivity index (χ0) is 10.1. The summed E-state index contributed by atoms with van der Waals surface area (Å²) in [5, 5.41) is 18.6. The maximum atomic E-state index is 11.8. The predicted molar refractivity (Wildman–Crippen MR) is 47.5 cm³/mol. The predicted octanol–water partition coefficient (Wildman–Crippen LogP) is -1.41. The van der Waals surface area contributed by atoms with Gasteiger partial charge in [-0.05, 0) is 6.42 Å². The van der Waals surface area contributed by atoms with E-state index in [9.17, 15) is 15.0 Å². The Balaban J connectivity index is 1.92. The Hall–Kier alpha value is -0.650. The number of carbonyl (C=O) groups excluding carboxylic acids is 1. The molecule has 2 fully saturated rings. The summed E-state index contributed by atoms with van der Waals surface area (Å²) < 4.78 is 5.12. The third-order valence-corrected chi connectivity index (χ3v) is 2.85. The van der Waals surface area contributed by atoms with Crippen LogP contribution in [0.4, 0.5) is 0 Å². The van der Waals surface area contributed by atoms with Gasteiger partial charge in [-0.2, -0.15) is 0 Å². The van der Waals surface area contributed by atoms with Crippen LogP contribution in [0.15, 0.2) is 0 Å². The van der Waals surface area contributed by atoms with Crippen molar-refractivity contribution >= 4 is 5.91 Å². The average Bonchev–Trinajstić information content (AvgIpc) is 2.76. The van der Waals surface area contributed by atoms with E-state index in [4.69, 9.17) is 4.74 Å². The van der Waals surface area contributed by atoms with Gasteiger partial charge in [0.05, 0.1) is 24.7 Å². The molecule has 2 aliphatic heterocycles. The first-order valence-electron chi connectivity index (χ1n) is 4.91. The Kier molecular flexibility index (Phi) is 2.71. The van der Waals surface area contributed by atoms with Crippen molar-refractivity contribution in [1.29, 1.82) is 0 Å². The lowest BCUT2D eigenvalue weighted by Gasteiger charge is -2.18. The molecule has 0 aromatic heterocycles. The molecule has 2 rings (SSSR count). The quantitative estimate of drug-likeness (QED) is 0.546. The van der Waals surface area contributed by atoms with E-state index in [0.29, 0.717) is 13.2 Å². The first-order chi connectivity index (χ1) is 6.68. The van der Waals surface area contributed by atoms with E-state index in [2.05, 4.69) is 0 Å². The molecule has 5 heteroatoms. The van der Waals surface area contributed by atoms with Crippen LogP contribution in [0.5, 0.6) is 0 Å². The fourth-order valence-electron chi connectivity index (χ4n) is 1.94. The van der Waals surface area contributed by atoms with Gasteiger partial charge in [-0.3, -0.25) is 4.79 Å². The maximum absolute atomic E-state index is 11.8. The number of carbonyl (C=O) groups is 1. The number of amides is 1. The molecule has 2 aliphatic rings. The SMILES string of the molecule is O=C(C1CCOC1)N1CC(O)C(O)C1. The van der Waals surface area contributed by atoms with Crippen LogP contribution in [-0.4, -0.2) is 59.5 Å². The number of hydrogen-bond donors (Lipinski definition) is 2. The van der Waals surface area contributed by atoms with E-state index < -0.39 is 12.2 Å². The van der Waals surface area contributed by atoms with Crippen LogP contribution in [0.1, 0.15) is 6.42 Å². The second kappa shape index (κ2) is 3.84. The highest BCUT2D eigenvalue weighted by atomic mass is 16.5. The minimum Gasteiger partial charge on any atom is -0.388 e. The molecule has 0 aliphatic carbocycles. The van der Waals surface area contributed by atoms with Crippen molar-refractivity contribution in [2.75, 3.05) is 26.3 Å². The first-order valence-corrected chi connectivity index (χ1v) is 4.91. The Morgan fingerprint density at radius 3 is 2.43 bits per heavy atom. The summed E-state index contributed by atoms with van der Waals surface area (Å²) in [6.07, 6.45) is -0.829. The van der Waals surface area contributed by atoms with Crippen molar-refractivity contribution in [2.24, 2.45) is 5.92 Å². The van der Waals surface area contributed by atoms with Crippen LogP contribution in [0.3, 0.4) is 0 Å². The van der Waals surface area contributed by atoms with Crippen molar-refractivity contribution in [3.05, 3.63) is 0 Å². The fraction of sp³-hybridized carbons (Fsp3) is 0.889. The van der Waals surface area contributed by atoms with Crippen LogP contribution in [0.2, 0.25) is 0 Å². The Morgan fingerprint density at radius 1 is 1.29 bits per heavy atom. The molecule has 0 radical (unpaired) electrons. The van der Waals surface area contributed by atoms with E-state index in [1.807, 2.05) is 0 Å². The molecule has 2 heterocycles. The second-order valence-electron chi connectivity index (χ2n) is 3.94. The molecule has 2 saturated heterocycles. The van der Waals surface area contributed by atoms with Crippen molar-refractivity contribution < 1.29 is 19.7 Å². The maximum Gasteiger partial charge on any atom is 0.228 e. The monoisotopic (exact) mass is 201 g/mol. The number of hydrogen-bond acceptors (Lipinski definition) is 4. The molecule has 0 aromatic carbocycles. The van der Waals surface area contributed by atoms with E-state index >= 15 is 0 Å². The summed E-state index contributed by atoms with van der Waals surface area (Å²) in [6.45, 7) is 1.60. The van der Waals surface area contributed by atoms with Crippen LogP contribution >= 0.6 is 0 Å². The number of rotatable bonds is 1. The highest BCUT2D eigenvalue weighted by Crippen LogP contribution is 2.19. The lowest BCUT2D eigenvalue weighted by Crippen LogP contribution is -2.35. The van der Waals surface area contributed by atoms with Crippen LogP contribution < -0.4 is 0 Å². The molecule has 0 spiro atoms. The van der Waals surface area contributed by atoms with Gasteiger partial charge < -0.3 is 19.8 Å². The third kappa shape index (κ3) is 1.75. The molecule has 0 bridgehead atoms. The first kappa shape index (κ1) is 9.89. The van der Waals surface area contributed by atoms with Gasteiger partial charge in [0, 0.05) is 19.7 Å². The minimum atomic E-state index is -0.790. The number of aliphatic hydroxyl groups is 2. The summed E-state index contributed by atoms with van der Waals surface area (Å²) in [7, 11) is 0. The molecule has 3 atom stereocenters. The van der Waals surface area contributed by atoms with E-state index in [1.54, 1.807) is 0 Å². The summed E-state index contributed by atoms with van der Waals surface area (Å²) in [5.41, 5.74) is 0. The molecule has 2 N–H and O–H groups in total. The Labute approximate surface area is 82.3 Å². The molecule has 1 amide bonds. The van der Waals surface area contributed by atoms with Crippen molar-refractivity contribution in [3.8, 4) is 0 Å². The molecule has 14 heavy (non-hydrogen) atoms. The normalized spacial score (nSPS) is 37.9. The third-order valence-electron chi connectivity index (χ3n) is 2.85. The molecule has 80 valence electrons. The van der Waals surface area contributed by atoms with Crippen molar-refractivity contribution in [3.63, 3.8) is 0 Å². The average molecular weight is 201 g/mol. The number of aliphatic hydroxyl groups excluding tert-OH is 2. The molecule has 0 aromatic rings. The molecule has 0 saturated carbocycles. The van der Waals surface area contributed by atoms with Gasteiger partial charge in [0.2, 0.25) is 5.91 Å². The standard InChI is InChI=1S/C9H15NO4/c11-7-3-10(4-8(7)12)9(13)6-1-2-14-5-6/h6-8,11-12H,1-5H2. The topological polar surface area (TPSA) is 70.0 Å². The van der Waals surface area contributed by atoms with Crippen LogP contribution in [0, 0.1) is 5.92 Å². The van der Waals surface area contributed by atoms with Gasteiger partial charge in [0.25, 0.3) is 0 Å². The molecular formula is C9H15NO4. The zero-order valence-corrected chi connectivity index (χ0v) is 7.93. The van der Waals surface area contributed by atoms with Crippen molar-refractivity contribution in [1.82, 2.24) is 4.90 Å². The van der Waals surface area contributed by atoms with Gasteiger partial charge in [-0.1, -0.05) is 0 Å². The second-order valence-corrected chi connectivity index (χ2v) is 3.94. The number of β-amino-alcohol motifs (C(OH)–C–C–N with tert-alkyl or cyclic N) is 2. The van der Waals surface area contributed by atoms with E-state index in [0.717, 1.165) is 6.42 Å². The van der Waals surface area contributed by atoms with Crippen LogP contribution in [0.25, 0.3) is 0 Å². The van der Waals surface area contributed by atoms with Gasteiger partial charge in [-0.25, -0.2) is 0 Å². The van der Waals surface area contributed by atoms with Gasteiger partial charge in [-0.15, -0.1) is 0 Å². The largest absolute Gasteiger partial charge is 0.388 e. The Bertz CT molecular complexity index is 217. The number of likely N-dealkylation sites (tertiary alicyclic amines) is 1. The van der Waals surface area contributed by atoms with Crippen LogP contribution in [-0.2, 0) is 9.53 Å². The molecule has 5 nitrogen and oxygen atoms in total. The molecule has 3 unspecified atom stereocenters. The lowest BCUT2D eigenvalue weighted by molar-refractivity contribution is -0.134. The smallest absolute Gasteiger partial charge is 0.228 e. The van der Waals surface area contributed by atoms with Gasteiger partial charge >= 0.3 is 0 Å². The van der Waals surface area contributed by atoms with Gasteiger partial charge in [0.1, 0.15) is 0 Å². The molecular weight excluding hydrogens is 186 g/mol.